The molecule has 2 N–H and O–H groups in total. The molecule has 124 valence electrons. The van der Waals surface area contributed by atoms with E-state index in [0.717, 1.165) is 4.47 Å². The Bertz CT molecular complexity index is 589. The number of carbonyl (C=O) groups is 1. The molecule has 5 nitrogen and oxygen atoms in total. The lowest BCUT2D eigenvalue weighted by atomic mass is 10.2. The monoisotopic (exact) mass is 408 g/mol. The second-order valence-corrected chi connectivity index (χ2v) is 8.69. The number of rotatable bonds is 8. The van der Waals surface area contributed by atoms with Gasteiger partial charge in [0.2, 0.25) is 15.9 Å². The van der Waals surface area contributed by atoms with Crippen LogP contribution in [0.4, 0.5) is 0 Å². The third kappa shape index (κ3) is 6.28. The summed E-state index contributed by atoms with van der Waals surface area (Å²) < 4.78 is 28.1. The Kier molecular flexibility index (Phi) is 7.88. The van der Waals surface area contributed by atoms with Crippen molar-refractivity contribution in [1.82, 2.24) is 10.0 Å². The van der Waals surface area contributed by atoms with E-state index in [1.165, 1.54) is 12.1 Å². The maximum absolute atomic E-state index is 12.4. The van der Waals surface area contributed by atoms with Crippen LogP contribution in [0, 0.1) is 0 Å². The average molecular weight is 409 g/mol. The zero-order valence-corrected chi connectivity index (χ0v) is 16.0. The summed E-state index contributed by atoms with van der Waals surface area (Å²) in [5.74, 6) is 0.392. The van der Waals surface area contributed by atoms with E-state index in [1.807, 2.05) is 20.1 Å². The van der Waals surface area contributed by atoms with Gasteiger partial charge in [-0.15, -0.1) is 0 Å². The van der Waals surface area contributed by atoms with Crippen LogP contribution < -0.4 is 10.0 Å². The van der Waals surface area contributed by atoms with E-state index in [9.17, 15) is 13.2 Å². The molecule has 0 aromatic heterocycles. The van der Waals surface area contributed by atoms with Gasteiger partial charge in [-0.3, -0.25) is 4.79 Å². The smallest absolute Gasteiger partial charge is 0.241 e. The molecule has 0 fully saturated rings. The van der Waals surface area contributed by atoms with Gasteiger partial charge < -0.3 is 5.32 Å². The Morgan fingerprint density at radius 2 is 1.86 bits per heavy atom. The molecule has 0 heterocycles. The standard InChI is InChI=1S/C14H21BrN2O3S2/c1-10(2)16-14(18)13(8-9-21-3)17-22(19,20)12-6-4-11(15)5-7-12/h4-7,10,13,17H,8-9H2,1-3H3,(H,16,18)/t13-/m1/s1. The Hall–Kier alpha value is -0.570. The Labute approximate surface area is 144 Å². The van der Waals surface area contributed by atoms with E-state index in [-0.39, 0.29) is 16.8 Å². The van der Waals surface area contributed by atoms with Crippen molar-refractivity contribution in [2.24, 2.45) is 0 Å². The second kappa shape index (κ2) is 8.90. The molecule has 1 amide bonds. The summed E-state index contributed by atoms with van der Waals surface area (Å²) >= 11 is 4.83. The van der Waals surface area contributed by atoms with Crippen LogP contribution in [-0.4, -0.2) is 38.4 Å². The maximum atomic E-state index is 12.4. The van der Waals surface area contributed by atoms with Crippen LogP contribution in [0.15, 0.2) is 33.6 Å². The molecule has 0 unspecified atom stereocenters. The van der Waals surface area contributed by atoms with Crippen molar-refractivity contribution in [3.8, 4) is 0 Å². The molecule has 8 heteroatoms. The summed E-state index contributed by atoms with van der Waals surface area (Å²) in [5.41, 5.74) is 0. The molecule has 0 spiro atoms. The number of carbonyl (C=O) groups excluding carboxylic acids is 1. The second-order valence-electron chi connectivity index (χ2n) is 5.07. The average Bonchev–Trinajstić information content (AvgIpc) is 2.43. The summed E-state index contributed by atoms with van der Waals surface area (Å²) in [7, 11) is -3.73. The van der Waals surface area contributed by atoms with Crippen molar-refractivity contribution in [2.75, 3.05) is 12.0 Å². The van der Waals surface area contributed by atoms with Crippen molar-refractivity contribution < 1.29 is 13.2 Å². The van der Waals surface area contributed by atoms with Gasteiger partial charge >= 0.3 is 0 Å². The number of sulfonamides is 1. The first-order valence-electron chi connectivity index (χ1n) is 6.83. The minimum atomic E-state index is -3.73. The SMILES string of the molecule is CSCC[C@@H](NS(=O)(=O)c1ccc(Br)cc1)C(=O)NC(C)C. The molecule has 0 aliphatic heterocycles. The summed E-state index contributed by atoms with van der Waals surface area (Å²) in [4.78, 5) is 12.3. The summed E-state index contributed by atoms with van der Waals surface area (Å²) in [5, 5.41) is 2.75. The third-order valence-corrected chi connectivity index (χ3v) is 5.44. The molecular formula is C14H21BrN2O3S2. The van der Waals surface area contributed by atoms with Gasteiger partial charge in [-0.25, -0.2) is 8.42 Å². The lowest BCUT2D eigenvalue weighted by molar-refractivity contribution is -0.123. The van der Waals surface area contributed by atoms with E-state index < -0.39 is 16.1 Å². The predicted molar refractivity (Wildman–Crippen MR) is 94.5 cm³/mol. The molecule has 0 radical (unpaired) electrons. The summed E-state index contributed by atoms with van der Waals surface area (Å²) in [6.07, 6.45) is 2.36. The van der Waals surface area contributed by atoms with Gasteiger partial charge in [0, 0.05) is 10.5 Å². The van der Waals surface area contributed by atoms with E-state index in [2.05, 4.69) is 26.0 Å². The molecule has 1 atom stereocenters. The molecule has 22 heavy (non-hydrogen) atoms. The Morgan fingerprint density at radius 1 is 1.27 bits per heavy atom. The molecule has 1 rings (SSSR count). The summed E-state index contributed by atoms with van der Waals surface area (Å²) in [6, 6.07) is 5.49. The van der Waals surface area contributed by atoms with Crippen molar-refractivity contribution in [2.45, 2.75) is 37.2 Å². The maximum Gasteiger partial charge on any atom is 0.241 e. The normalized spacial score (nSPS) is 13.1. The number of halogens is 1. The number of hydrogen-bond donors (Lipinski definition) is 2. The lowest BCUT2D eigenvalue weighted by Crippen LogP contribution is -2.48. The van der Waals surface area contributed by atoms with Crippen molar-refractivity contribution in [3.63, 3.8) is 0 Å². The minimum absolute atomic E-state index is 0.0403. The fourth-order valence-corrected chi connectivity index (χ4v) is 3.70. The lowest BCUT2D eigenvalue weighted by Gasteiger charge is -2.19. The molecular weight excluding hydrogens is 388 g/mol. The quantitative estimate of drug-likeness (QED) is 0.692. The number of benzene rings is 1. The Morgan fingerprint density at radius 3 is 2.36 bits per heavy atom. The molecule has 1 aromatic rings. The van der Waals surface area contributed by atoms with Gasteiger partial charge in [-0.2, -0.15) is 16.5 Å². The first kappa shape index (κ1) is 19.5. The molecule has 0 saturated heterocycles. The van der Waals surface area contributed by atoms with Gasteiger partial charge in [0.1, 0.15) is 6.04 Å². The van der Waals surface area contributed by atoms with Gasteiger partial charge in [0.15, 0.2) is 0 Å². The van der Waals surface area contributed by atoms with Gasteiger partial charge in [0.25, 0.3) is 0 Å². The fourth-order valence-electron chi connectivity index (χ4n) is 1.73. The van der Waals surface area contributed by atoms with Gasteiger partial charge in [0.05, 0.1) is 4.90 Å². The molecule has 0 aliphatic carbocycles. The van der Waals surface area contributed by atoms with Crippen LogP contribution in [0.3, 0.4) is 0 Å². The molecule has 0 saturated carbocycles. The minimum Gasteiger partial charge on any atom is -0.353 e. The van der Waals surface area contributed by atoms with Crippen LogP contribution in [0.5, 0.6) is 0 Å². The largest absolute Gasteiger partial charge is 0.353 e. The van der Waals surface area contributed by atoms with Crippen molar-refractivity contribution >= 4 is 43.6 Å². The number of thioether (sulfide) groups is 1. The number of hydrogen-bond acceptors (Lipinski definition) is 4. The van der Waals surface area contributed by atoms with Gasteiger partial charge in [-0.05, 0) is 56.5 Å². The summed E-state index contributed by atoms with van der Waals surface area (Å²) in [6.45, 7) is 3.68. The zero-order chi connectivity index (χ0) is 16.8. The van der Waals surface area contributed by atoms with E-state index in [1.54, 1.807) is 23.9 Å². The van der Waals surface area contributed by atoms with E-state index in [4.69, 9.17) is 0 Å². The number of amides is 1. The van der Waals surface area contributed by atoms with Gasteiger partial charge in [-0.1, -0.05) is 15.9 Å². The predicted octanol–water partition coefficient (Wildman–Crippen LogP) is 2.37. The molecule has 0 bridgehead atoms. The highest BCUT2D eigenvalue weighted by atomic mass is 79.9. The highest BCUT2D eigenvalue weighted by molar-refractivity contribution is 9.10. The topological polar surface area (TPSA) is 75.3 Å². The van der Waals surface area contributed by atoms with Crippen LogP contribution >= 0.6 is 27.7 Å². The van der Waals surface area contributed by atoms with Crippen LogP contribution in [0.2, 0.25) is 0 Å². The third-order valence-electron chi connectivity index (χ3n) is 2.78. The molecule has 1 aromatic carbocycles. The van der Waals surface area contributed by atoms with Crippen LogP contribution in [0.25, 0.3) is 0 Å². The fraction of sp³-hybridized carbons (Fsp3) is 0.500. The van der Waals surface area contributed by atoms with E-state index in [0.29, 0.717) is 12.2 Å². The molecule has 0 aliphatic rings. The van der Waals surface area contributed by atoms with E-state index >= 15 is 0 Å². The van der Waals surface area contributed by atoms with Crippen LogP contribution in [-0.2, 0) is 14.8 Å². The van der Waals surface area contributed by atoms with Crippen LogP contribution in [0.1, 0.15) is 20.3 Å². The number of nitrogens with one attached hydrogen (secondary N) is 2. The highest BCUT2D eigenvalue weighted by Crippen LogP contribution is 2.15. The van der Waals surface area contributed by atoms with Crippen molar-refractivity contribution in [1.29, 1.82) is 0 Å². The first-order valence-corrected chi connectivity index (χ1v) is 10.5. The Balaban J connectivity index is 2.91. The van der Waals surface area contributed by atoms with Crippen molar-refractivity contribution in [3.05, 3.63) is 28.7 Å². The highest BCUT2D eigenvalue weighted by Gasteiger charge is 2.25. The first-order chi connectivity index (χ1) is 10.3. The zero-order valence-electron chi connectivity index (χ0n) is 12.8.